The van der Waals surface area contributed by atoms with E-state index in [1.54, 1.807) is 0 Å². The van der Waals surface area contributed by atoms with Crippen LogP contribution in [-0.4, -0.2) is 5.48 Å². The third-order valence-electron chi connectivity index (χ3n) is 6.02. The average Bonchev–Trinajstić information content (AvgIpc) is 2.26. The fourth-order valence-electron chi connectivity index (χ4n) is 2.38. The molecular formula is C20H36O. The fourth-order valence-corrected chi connectivity index (χ4v) is 2.38. The first-order valence-electron chi connectivity index (χ1n) is 7.83. The molecule has 0 saturated heterocycles. The maximum Gasteiger partial charge on any atom is -0.00521 e. The molecule has 1 nitrogen and oxygen atoms in total. The number of rotatable bonds is 2. The lowest BCUT2D eigenvalue weighted by molar-refractivity contribution is 0.198. The van der Waals surface area contributed by atoms with Gasteiger partial charge in [0.2, 0.25) is 0 Å². The molecule has 122 valence electrons. The van der Waals surface area contributed by atoms with Gasteiger partial charge < -0.3 is 5.48 Å². The highest BCUT2D eigenvalue weighted by atomic mass is 16.0. The van der Waals surface area contributed by atoms with Crippen LogP contribution in [0.4, 0.5) is 0 Å². The third kappa shape index (κ3) is 3.51. The van der Waals surface area contributed by atoms with Crippen molar-refractivity contribution in [3.63, 3.8) is 0 Å². The van der Waals surface area contributed by atoms with E-state index in [2.05, 4.69) is 93.5 Å². The van der Waals surface area contributed by atoms with E-state index in [-0.39, 0.29) is 27.1 Å². The molecule has 1 rings (SSSR count). The minimum Gasteiger partial charge on any atom is -0.412 e. The Bertz CT molecular complexity index is 422. The summed E-state index contributed by atoms with van der Waals surface area (Å²) in [6.07, 6.45) is 0. The van der Waals surface area contributed by atoms with Gasteiger partial charge in [-0.05, 0) is 32.8 Å². The normalized spacial score (nSPS) is 13.8. The Morgan fingerprint density at radius 2 is 0.762 bits per heavy atom. The SMILES string of the molecule is CC(C)(C)C(C)(C)c1ccccc1C(C)(C)C(C)(C)C.O. The van der Waals surface area contributed by atoms with Gasteiger partial charge in [0.05, 0.1) is 0 Å². The first-order chi connectivity index (χ1) is 8.73. The van der Waals surface area contributed by atoms with Gasteiger partial charge in [0.15, 0.2) is 0 Å². The first-order valence-corrected chi connectivity index (χ1v) is 7.83. The van der Waals surface area contributed by atoms with Crippen LogP contribution in [0, 0.1) is 10.8 Å². The molecule has 0 heterocycles. The monoisotopic (exact) mass is 292 g/mol. The summed E-state index contributed by atoms with van der Waals surface area (Å²) >= 11 is 0. The van der Waals surface area contributed by atoms with E-state index in [0.29, 0.717) is 0 Å². The molecule has 21 heavy (non-hydrogen) atoms. The molecule has 0 unspecified atom stereocenters. The Morgan fingerprint density at radius 1 is 0.524 bits per heavy atom. The predicted octanol–water partition coefficient (Wildman–Crippen LogP) is 5.51. The molecule has 0 amide bonds. The van der Waals surface area contributed by atoms with Crippen molar-refractivity contribution in [2.45, 2.75) is 80.1 Å². The van der Waals surface area contributed by atoms with E-state index in [1.165, 1.54) is 11.1 Å². The second-order valence-corrected chi connectivity index (χ2v) is 9.30. The maximum atomic E-state index is 2.38. The molecule has 1 heteroatoms. The van der Waals surface area contributed by atoms with Crippen LogP contribution in [0.15, 0.2) is 24.3 Å². The van der Waals surface area contributed by atoms with Crippen LogP contribution in [-0.2, 0) is 10.8 Å². The minimum atomic E-state index is 0. The molecule has 0 aliphatic carbocycles. The molecule has 0 spiro atoms. The van der Waals surface area contributed by atoms with E-state index in [0.717, 1.165) is 0 Å². The Labute approximate surface area is 132 Å². The van der Waals surface area contributed by atoms with Gasteiger partial charge in [0.1, 0.15) is 0 Å². The van der Waals surface area contributed by atoms with Crippen LogP contribution < -0.4 is 0 Å². The number of benzene rings is 1. The molecule has 0 aliphatic heterocycles. The van der Waals surface area contributed by atoms with Crippen molar-refractivity contribution >= 4 is 0 Å². The highest BCUT2D eigenvalue weighted by Crippen LogP contribution is 2.48. The Hall–Kier alpha value is -0.820. The quantitative estimate of drug-likeness (QED) is 0.688. The summed E-state index contributed by atoms with van der Waals surface area (Å²) in [6.45, 7) is 23.6. The van der Waals surface area contributed by atoms with Crippen molar-refractivity contribution in [2.75, 3.05) is 0 Å². The van der Waals surface area contributed by atoms with Crippen molar-refractivity contribution in [2.24, 2.45) is 10.8 Å². The van der Waals surface area contributed by atoms with Crippen LogP contribution in [0.1, 0.15) is 80.4 Å². The molecule has 0 atom stereocenters. The van der Waals surface area contributed by atoms with Crippen LogP contribution in [0.5, 0.6) is 0 Å². The van der Waals surface area contributed by atoms with Crippen LogP contribution >= 0.6 is 0 Å². The molecule has 2 N–H and O–H groups in total. The van der Waals surface area contributed by atoms with Crippen LogP contribution in [0.3, 0.4) is 0 Å². The van der Waals surface area contributed by atoms with Gasteiger partial charge in [-0.15, -0.1) is 0 Å². The zero-order chi connectivity index (χ0) is 16.0. The van der Waals surface area contributed by atoms with Gasteiger partial charge in [-0.1, -0.05) is 93.5 Å². The summed E-state index contributed by atoms with van der Waals surface area (Å²) in [5.41, 5.74) is 3.74. The molecule has 0 bridgehead atoms. The summed E-state index contributed by atoms with van der Waals surface area (Å²) in [4.78, 5) is 0. The summed E-state index contributed by atoms with van der Waals surface area (Å²) in [7, 11) is 0. The van der Waals surface area contributed by atoms with Gasteiger partial charge in [0, 0.05) is 0 Å². The first kappa shape index (κ1) is 20.2. The zero-order valence-corrected chi connectivity index (χ0v) is 15.8. The van der Waals surface area contributed by atoms with Crippen LogP contribution in [0.25, 0.3) is 0 Å². The highest BCUT2D eigenvalue weighted by molar-refractivity contribution is 5.40. The number of hydrogen-bond acceptors (Lipinski definition) is 0. The highest BCUT2D eigenvalue weighted by Gasteiger charge is 2.41. The third-order valence-corrected chi connectivity index (χ3v) is 6.02. The van der Waals surface area contributed by atoms with E-state index < -0.39 is 0 Å². The molecule has 0 saturated carbocycles. The molecule has 0 aliphatic rings. The van der Waals surface area contributed by atoms with E-state index in [4.69, 9.17) is 0 Å². The lowest BCUT2D eigenvalue weighted by Crippen LogP contribution is -2.40. The topological polar surface area (TPSA) is 31.5 Å². The van der Waals surface area contributed by atoms with E-state index in [9.17, 15) is 0 Å². The lowest BCUT2D eigenvalue weighted by atomic mass is 9.58. The Morgan fingerprint density at radius 3 is 0.952 bits per heavy atom. The van der Waals surface area contributed by atoms with Crippen LogP contribution in [0.2, 0.25) is 0 Å². The molecule has 1 aromatic rings. The van der Waals surface area contributed by atoms with Crippen molar-refractivity contribution in [3.8, 4) is 0 Å². The van der Waals surface area contributed by atoms with Gasteiger partial charge in [-0.25, -0.2) is 0 Å². The van der Waals surface area contributed by atoms with E-state index in [1.807, 2.05) is 0 Å². The predicted molar refractivity (Wildman–Crippen MR) is 95.0 cm³/mol. The summed E-state index contributed by atoms with van der Waals surface area (Å²) in [5.74, 6) is 0. The largest absolute Gasteiger partial charge is 0.412 e. The summed E-state index contributed by atoms with van der Waals surface area (Å²) < 4.78 is 0. The fraction of sp³-hybridized carbons (Fsp3) is 0.700. The van der Waals surface area contributed by atoms with Crippen molar-refractivity contribution < 1.29 is 5.48 Å². The zero-order valence-electron chi connectivity index (χ0n) is 15.8. The molecule has 1 aromatic carbocycles. The minimum absolute atomic E-state index is 0. The van der Waals surface area contributed by atoms with Gasteiger partial charge in [0.25, 0.3) is 0 Å². The molecule has 0 aromatic heterocycles. The van der Waals surface area contributed by atoms with Crippen molar-refractivity contribution in [1.82, 2.24) is 0 Å². The molecule has 0 radical (unpaired) electrons. The number of hydrogen-bond donors (Lipinski definition) is 0. The van der Waals surface area contributed by atoms with E-state index >= 15 is 0 Å². The summed E-state index contributed by atoms with van der Waals surface area (Å²) in [5, 5.41) is 0. The Balaban J connectivity index is 0.00000400. The summed E-state index contributed by atoms with van der Waals surface area (Å²) in [6, 6.07) is 9.03. The smallest absolute Gasteiger partial charge is 0.00521 e. The second-order valence-electron chi connectivity index (χ2n) is 9.30. The second kappa shape index (κ2) is 5.76. The van der Waals surface area contributed by atoms with Gasteiger partial charge in [-0.2, -0.15) is 0 Å². The Kier molecular flexibility index (Phi) is 5.53. The van der Waals surface area contributed by atoms with Gasteiger partial charge >= 0.3 is 0 Å². The molecule has 0 fully saturated rings. The van der Waals surface area contributed by atoms with Crippen molar-refractivity contribution in [1.29, 1.82) is 0 Å². The lowest BCUT2D eigenvalue weighted by Gasteiger charge is -2.46. The average molecular weight is 293 g/mol. The maximum absolute atomic E-state index is 2.38. The van der Waals surface area contributed by atoms with Gasteiger partial charge in [-0.3, -0.25) is 0 Å². The van der Waals surface area contributed by atoms with Crippen molar-refractivity contribution in [3.05, 3.63) is 35.4 Å². The standard InChI is InChI=1S/C20H34.H2O/c1-17(2,3)19(7,8)15-13-11-12-14-16(15)20(9,10)18(4,5)6;/h11-14H,1-10H3;1H2. The molecular weight excluding hydrogens is 256 g/mol.